The zero-order valence-electron chi connectivity index (χ0n) is 14.3. The SMILES string of the molecule is C=CCNCc1cc(Cl)c(OCc2ccc(C)cc2)c(OCC)c1. The van der Waals surface area contributed by atoms with Gasteiger partial charge in [-0.2, -0.15) is 0 Å². The van der Waals surface area contributed by atoms with Crippen LogP contribution >= 0.6 is 11.6 Å². The number of hydrogen-bond acceptors (Lipinski definition) is 3. The lowest BCUT2D eigenvalue weighted by Gasteiger charge is -2.15. The number of benzene rings is 2. The molecule has 1 N–H and O–H groups in total. The Balaban J connectivity index is 2.14. The summed E-state index contributed by atoms with van der Waals surface area (Å²) in [7, 11) is 0. The Morgan fingerprint density at radius 1 is 1.12 bits per heavy atom. The first-order valence-corrected chi connectivity index (χ1v) is 8.47. The minimum absolute atomic E-state index is 0.453. The molecular weight excluding hydrogens is 322 g/mol. The van der Waals surface area contributed by atoms with Crippen molar-refractivity contribution in [2.75, 3.05) is 13.2 Å². The molecule has 2 aromatic carbocycles. The van der Waals surface area contributed by atoms with Gasteiger partial charge in [0.1, 0.15) is 6.61 Å². The molecule has 0 fully saturated rings. The van der Waals surface area contributed by atoms with Crippen molar-refractivity contribution in [1.29, 1.82) is 0 Å². The quantitative estimate of drug-likeness (QED) is 0.518. The molecule has 2 aromatic rings. The Hall–Kier alpha value is -1.97. The monoisotopic (exact) mass is 345 g/mol. The molecule has 0 radical (unpaired) electrons. The predicted octanol–water partition coefficient (Wildman–Crippen LogP) is 4.90. The van der Waals surface area contributed by atoms with E-state index in [2.05, 4.69) is 43.1 Å². The molecule has 0 aliphatic heterocycles. The highest BCUT2D eigenvalue weighted by Crippen LogP contribution is 2.37. The van der Waals surface area contributed by atoms with Crippen LogP contribution in [0.5, 0.6) is 11.5 Å². The van der Waals surface area contributed by atoms with Gasteiger partial charge in [0.05, 0.1) is 11.6 Å². The highest BCUT2D eigenvalue weighted by molar-refractivity contribution is 6.32. The number of nitrogens with one attached hydrogen (secondary N) is 1. The fourth-order valence-corrected chi connectivity index (χ4v) is 2.57. The second-order valence-electron chi connectivity index (χ2n) is 5.53. The summed E-state index contributed by atoms with van der Waals surface area (Å²) in [6, 6.07) is 12.1. The maximum atomic E-state index is 6.42. The zero-order chi connectivity index (χ0) is 17.4. The maximum absolute atomic E-state index is 6.42. The van der Waals surface area contributed by atoms with Gasteiger partial charge in [0.25, 0.3) is 0 Å². The van der Waals surface area contributed by atoms with Crippen molar-refractivity contribution in [1.82, 2.24) is 5.32 Å². The van der Waals surface area contributed by atoms with E-state index in [1.165, 1.54) is 5.56 Å². The van der Waals surface area contributed by atoms with E-state index in [-0.39, 0.29) is 0 Å². The normalized spacial score (nSPS) is 10.5. The molecule has 3 nitrogen and oxygen atoms in total. The lowest BCUT2D eigenvalue weighted by Crippen LogP contribution is -2.13. The molecule has 4 heteroatoms. The molecule has 0 unspecified atom stereocenters. The van der Waals surface area contributed by atoms with Crippen LogP contribution in [0.25, 0.3) is 0 Å². The van der Waals surface area contributed by atoms with Crippen LogP contribution in [0.3, 0.4) is 0 Å². The first-order valence-electron chi connectivity index (χ1n) is 8.09. The van der Waals surface area contributed by atoms with Crippen LogP contribution in [0, 0.1) is 6.92 Å². The third-order valence-electron chi connectivity index (χ3n) is 3.49. The van der Waals surface area contributed by atoms with E-state index in [9.17, 15) is 0 Å². The van der Waals surface area contributed by atoms with Gasteiger partial charge in [-0.3, -0.25) is 0 Å². The Morgan fingerprint density at radius 2 is 1.88 bits per heavy atom. The van der Waals surface area contributed by atoms with E-state index >= 15 is 0 Å². The van der Waals surface area contributed by atoms with Crippen LogP contribution in [0.4, 0.5) is 0 Å². The van der Waals surface area contributed by atoms with Crippen molar-refractivity contribution in [3.8, 4) is 11.5 Å². The molecule has 0 aliphatic rings. The summed E-state index contributed by atoms with van der Waals surface area (Å²) in [6.45, 7) is 10.2. The number of halogens is 1. The average molecular weight is 346 g/mol. The van der Waals surface area contributed by atoms with Gasteiger partial charge in [-0.05, 0) is 37.1 Å². The van der Waals surface area contributed by atoms with E-state index < -0.39 is 0 Å². The Labute approximate surface area is 149 Å². The summed E-state index contributed by atoms with van der Waals surface area (Å²) < 4.78 is 11.6. The third kappa shape index (κ3) is 5.29. The number of ether oxygens (including phenoxy) is 2. The van der Waals surface area contributed by atoms with E-state index in [1.54, 1.807) is 0 Å². The maximum Gasteiger partial charge on any atom is 0.180 e. The van der Waals surface area contributed by atoms with Crippen molar-refractivity contribution in [3.05, 3.63) is 70.8 Å². The van der Waals surface area contributed by atoms with Crippen molar-refractivity contribution in [3.63, 3.8) is 0 Å². The first-order chi connectivity index (χ1) is 11.6. The van der Waals surface area contributed by atoms with Crippen LogP contribution in [0.1, 0.15) is 23.6 Å². The van der Waals surface area contributed by atoms with Crippen LogP contribution < -0.4 is 14.8 Å². The summed E-state index contributed by atoms with van der Waals surface area (Å²) in [4.78, 5) is 0. The summed E-state index contributed by atoms with van der Waals surface area (Å²) >= 11 is 6.42. The smallest absolute Gasteiger partial charge is 0.180 e. The van der Waals surface area contributed by atoms with Gasteiger partial charge in [-0.25, -0.2) is 0 Å². The van der Waals surface area contributed by atoms with Gasteiger partial charge in [0.2, 0.25) is 0 Å². The molecule has 0 saturated heterocycles. The minimum Gasteiger partial charge on any atom is -0.490 e. The fourth-order valence-electron chi connectivity index (χ4n) is 2.28. The van der Waals surface area contributed by atoms with Gasteiger partial charge in [-0.1, -0.05) is 47.5 Å². The van der Waals surface area contributed by atoms with Crippen LogP contribution in [0.2, 0.25) is 5.02 Å². The molecule has 0 bridgehead atoms. The summed E-state index contributed by atoms with van der Waals surface area (Å²) in [5.41, 5.74) is 3.37. The molecule has 0 spiro atoms. The summed E-state index contributed by atoms with van der Waals surface area (Å²) in [6.07, 6.45) is 1.82. The molecule has 0 saturated carbocycles. The van der Waals surface area contributed by atoms with E-state index in [0.717, 1.165) is 17.7 Å². The Morgan fingerprint density at radius 3 is 2.54 bits per heavy atom. The molecule has 24 heavy (non-hydrogen) atoms. The second-order valence-corrected chi connectivity index (χ2v) is 5.94. The minimum atomic E-state index is 0.453. The number of rotatable bonds is 9. The standard InChI is InChI=1S/C20H24ClNO2/c1-4-10-22-13-17-11-18(21)20(19(12-17)23-5-2)24-14-16-8-6-15(3)7-9-16/h4,6-9,11-12,22H,1,5,10,13-14H2,2-3H3. The van der Waals surface area contributed by atoms with E-state index in [1.807, 2.05) is 25.1 Å². The van der Waals surface area contributed by atoms with Gasteiger partial charge in [-0.15, -0.1) is 6.58 Å². The largest absolute Gasteiger partial charge is 0.490 e. The van der Waals surface area contributed by atoms with Gasteiger partial charge in [0.15, 0.2) is 11.5 Å². The summed E-state index contributed by atoms with van der Waals surface area (Å²) in [5.74, 6) is 1.26. The summed E-state index contributed by atoms with van der Waals surface area (Å²) in [5, 5.41) is 3.82. The molecule has 0 aromatic heterocycles. The number of hydrogen-bond donors (Lipinski definition) is 1. The fraction of sp³-hybridized carbons (Fsp3) is 0.300. The Bertz CT molecular complexity index is 668. The van der Waals surface area contributed by atoms with E-state index in [0.29, 0.717) is 36.3 Å². The second kappa shape index (κ2) is 9.36. The lowest BCUT2D eigenvalue weighted by atomic mass is 10.1. The topological polar surface area (TPSA) is 30.5 Å². The molecule has 0 heterocycles. The molecule has 0 aliphatic carbocycles. The molecule has 0 amide bonds. The molecule has 0 atom stereocenters. The lowest BCUT2D eigenvalue weighted by molar-refractivity contribution is 0.269. The van der Waals surface area contributed by atoms with Crippen molar-refractivity contribution in [2.45, 2.75) is 27.0 Å². The van der Waals surface area contributed by atoms with E-state index in [4.69, 9.17) is 21.1 Å². The molecule has 2 rings (SSSR count). The van der Waals surface area contributed by atoms with Gasteiger partial charge in [0, 0.05) is 13.1 Å². The highest BCUT2D eigenvalue weighted by atomic mass is 35.5. The molecular formula is C20H24ClNO2. The van der Waals surface area contributed by atoms with Crippen molar-refractivity contribution in [2.24, 2.45) is 0 Å². The van der Waals surface area contributed by atoms with Crippen LogP contribution in [-0.4, -0.2) is 13.2 Å². The zero-order valence-corrected chi connectivity index (χ0v) is 15.0. The van der Waals surface area contributed by atoms with Gasteiger partial charge < -0.3 is 14.8 Å². The highest BCUT2D eigenvalue weighted by Gasteiger charge is 2.13. The van der Waals surface area contributed by atoms with Crippen molar-refractivity contribution < 1.29 is 9.47 Å². The average Bonchev–Trinajstić information content (AvgIpc) is 2.56. The first kappa shape index (κ1) is 18.4. The third-order valence-corrected chi connectivity index (χ3v) is 3.77. The predicted molar refractivity (Wildman–Crippen MR) is 100 cm³/mol. The van der Waals surface area contributed by atoms with Crippen molar-refractivity contribution >= 4 is 11.6 Å². The van der Waals surface area contributed by atoms with Gasteiger partial charge >= 0.3 is 0 Å². The Kier molecular flexibility index (Phi) is 7.16. The van der Waals surface area contributed by atoms with Crippen LogP contribution in [0.15, 0.2) is 49.1 Å². The van der Waals surface area contributed by atoms with Crippen LogP contribution in [-0.2, 0) is 13.2 Å². The molecule has 128 valence electrons. The number of aryl methyl sites for hydroxylation is 1.